The number of hydrogen-bond donors (Lipinski definition) is 1. The Morgan fingerprint density at radius 1 is 1.35 bits per heavy atom. The van der Waals surface area contributed by atoms with E-state index in [1.54, 1.807) is 0 Å². The normalized spacial score (nSPS) is 14.9. The number of benzene rings is 1. The standard InChI is InChI=1S/C17H26N2O/c1-13-7-8-14(2)15(11-13)12-17(20)19(10-4-9-18)16-5-3-6-16/h7-8,11,16H,3-6,9-10,12,18H2,1-2H3. The zero-order chi connectivity index (χ0) is 14.5. The molecule has 0 heterocycles. The molecular formula is C17H26N2O. The molecule has 0 saturated heterocycles. The van der Waals surface area contributed by atoms with Crippen LogP contribution in [0.25, 0.3) is 0 Å². The van der Waals surface area contributed by atoms with Gasteiger partial charge in [0.15, 0.2) is 0 Å². The summed E-state index contributed by atoms with van der Waals surface area (Å²) < 4.78 is 0. The van der Waals surface area contributed by atoms with Crippen molar-refractivity contribution in [3.63, 3.8) is 0 Å². The second-order valence-corrected chi connectivity index (χ2v) is 5.92. The summed E-state index contributed by atoms with van der Waals surface area (Å²) in [5, 5.41) is 0. The van der Waals surface area contributed by atoms with Crippen molar-refractivity contribution in [3.05, 3.63) is 34.9 Å². The van der Waals surface area contributed by atoms with Gasteiger partial charge in [-0.1, -0.05) is 23.8 Å². The van der Waals surface area contributed by atoms with E-state index in [1.807, 2.05) is 0 Å². The molecule has 0 unspecified atom stereocenters. The van der Waals surface area contributed by atoms with Crippen molar-refractivity contribution in [2.45, 2.75) is 52.0 Å². The Hall–Kier alpha value is -1.35. The van der Waals surface area contributed by atoms with Crippen LogP contribution >= 0.6 is 0 Å². The molecule has 0 atom stereocenters. The van der Waals surface area contributed by atoms with Crippen LogP contribution in [0.15, 0.2) is 18.2 Å². The molecular weight excluding hydrogens is 248 g/mol. The fraction of sp³-hybridized carbons (Fsp3) is 0.588. The van der Waals surface area contributed by atoms with Gasteiger partial charge in [-0.3, -0.25) is 4.79 Å². The van der Waals surface area contributed by atoms with Gasteiger partial charge in [-0.15, -0.1) is 0 Å². The topological polar surface area (TPSA) is 46.3 Å². The van der Waals surface area contributed by atoms with Gasteiger partial charge in [0.05, 0.1) is 6.42 Å². The summed E-state index contributed by atoms with van der Waals surface area (Å²) in [6, 6.07) is 6.79. The van der Waals surface area contributed by atoms with E-state index in [9.17, 15) is 4.79 Å². The summed E-state index contributed by atoms with van der Waals surface area (Å²) in [7, 11) is 0. The van der Waals surface area contributed by atoms with Gasteiger partial charge in [0.2, 0.25) is 5.91 Å². The van der Waals surface area contributed by atoms with Crippen LogP contribution in [-0.2, 0) is 11.2 Å². The molecule has 1 aliphatic carbocycles. The van der Waals surface area contributed by atoms with Crippen molar-refractivity contribution >= 4 is 5.91 Å². The highest BCUT2D eigenvalue weighted by Crippen LogP contribution is 2.26. The van der Waals surface area contributed by atoms with Crippen LogP contribution in [0, 0.1) is 13.8 Å². The van der Waals surface area contributed by atoms with E-state index in [0.29, 0.717) is 19.0 Å². The second-order valence-electron chi connectivity index (χ2n) is 5.92. The van der Waals surface area contributed by atoms with Gasteiger partial charge < -0.3 is 10.6 Å². The van der Waals surface area contributed by atoms with Crippen molar-refractivity contribution in [3.8, 4) is 0 Å². The third-order valence-corrected chi connectivity index (χ3v) is 4.29. The number of nitrogens with two attached hydrogens (primary N) is 1. The van der Waals surface area contributed by atoms with Crippen LogP contribution in [-0.4, -0.2) is 29.9 Å². The molecule has 3 heteroatoms. The lowest BCUT2D eigenvalue weighted by molar-refractivity contribution is -0.134. The van der Waals surface area contributed by atoms with Gasteiger partial charge in [0.1, 0.15) is 0 Å². The number of nitrogens with zero attached hydrogens (tertiary/aromatic N) is 1. The molecule has 0 bridgehead atoms. The van der Waals surface area contributed by atoms with E-state index in [2.05, 4.69) is 36.9 Å². The van der Waals surface area contributed by atoms with Crippen LogP contribution in [0.2, 0.25) is 0 Å². The van der Waals surface area contributed by atoms with Crippen molar-refractivity contribution < 1.29 is 4.79 Å². The smallest absolute Gasteiger partial charge is 0.227 e. The minimum atomic E-state index is 0.261. The van der Waals surface area contributed by atoms with Gasteiger partial charge in [-0.25, -0.2) is 0 Å². The van der Waals surface area contributed by atoms with E-state index in [-0.39, 0.29) is 5.91 Å². The lowest BCUT2D eigenvalue weighted by atomic mass is 9.90. The number of carbonyl (C=O) groups is 1. The van der Waals surface area contributed by atoms with E-state index in [1.165, 1.54) is 17.5 Å². The summed E-state index contributed by atoms with van der Waals surface area (Å²) in [5.41, 5.74) is 9.18. The van der Waals surface area contributed by atoms with Crippen LogP contribution < -0.4 is 5.73 Å². The molecule has 0 radical (unpaired) electrons. The molecule has 1 amide bonds. The maximum Gasteiger partial charge on any atom is 0.227 e. The van der Waals surface area contributed by atoms with E-state index in [4.69, 9.17) is 5.73 Å². The first-order valence-electron chi connectivity index (χ1n) is 7.67. The molecule has 20 heavy (non-hydrogen) atoms. The molecule has 1 aliphatic rings. The number of amides is 1. The lowest BCUT2D eigenvalue weighted by Gasteiger charge is -2.38. The van der Waals surface area contributed by atoms with Crippen LogP contribution in [0.3, 0.4) is 0 Å². The van der Waals surface area contributed by atoms with Gasteiger partial charge >= 0.3 is 0 Å². The SMILES string of the molecule is Cc1ccc(C)c(CC(=O)N(CCCN)C2CCC2)c1. The summed E-state index contributed by atoms with van der Waals surface area (Å²) in [6.45, 7) is 5.62. The summed E-state index contributed by atoms with van der Waals surface area (Å²) in [5.74, 6) is 0.261. The van der Waals surface area contributed by atoms with Gasteiger partial charge in [-0.05, 0) is 57.2 Å². The first-order chi connectivity index (χ1) is 9.61. The predicted molar refractivity (Wildman–Crippen MR) is 82.6 cm³/mol. The maximum atomic E-state index is 12.6. The van der Waals surface area contributed by atoms with E-state index >= 15 is 0 Å². The van der Waals surface area contributed by atoms with Gasteiger partial charge in [0.25, 0.3) is 0 Å². The molecule has 1 aromatic carbocycles. The molecule has 0 spiro atoms. The van der Waals surface area contributed by atoms with Crippen LogP contribution in [0.1, 0.15) is 42.4 Å². The number of rotatable bonds is 6. The van der Waals surface area contributed by atoms with Crippen molar-refractivity contribution in [2.24, 2.45) is 5.73 Å². The fourth-order valence-electron chi connectivity index (χ4n) is 2.73. The summed E-state index contributed by atoms with van der Waals surface area (Å²) >= 11 is 0. The Labute approximate surface area is 122 Å². The Morgan fingerprint density at radius 2 is 2.10 bits per heavy atom. The third-order valence-electron chi connectivity index (χ3n) is 4.29. The zero-order valence-electron chi connectivity index (χ0n) is 12.7. The molecule has 1 saturated carbocycles. The third kappa shape index (κ3) is 3.60. The van der Waals surface area contributed by atoms with Crippen molar-refractivity contribution in [2.75, 3.05) is 13.1 Å². The number of aryl methyl sites for hydroxylation is 2. The first-order valence-corrected chi connectivity index (χ1v) is 7.67. The number of carbonyl (C=O) groups excluding carboxylic acids is 1. The Morgan fingerprint density at radius 3 is 2.70 bits per heavy atom. The highest BCUT2D eigenvalue weighted by molar-refractivity contribution is 5.79. The van der Waals surface area contributed by atoms with Crippen LogP contribution in [0.4, 0.5) is 0 Å². The Balaban J connectivity index is 2.05. The van der Waals surface area contributed by atoms with E-state index in [0.717, 1.165) is 31.4 Å². The quantitative estimate of drug-likeness (QED) is 0.866. The highest BCUT2D eigenvalue weighted by Gasteiger charge is 2.28. The molecule has 2 N–H and O–H groups in total. The van der Waals surface area contributed by atoms with Crippen LogP contribution in [0.5, 0.6) is 0 Å². The average molecular weight is 274 g/mol. The first kappa shape index (κ1) is 15.0. The molecule has 0 aliphatic heterocycles. The Bertz CT molecular complexity index is 466. The minimum Gasteiger partial charge on any atom is -0.339 e. The molecule has 2 rings (SSSR count). The molecule has 1 aromatic rings. The maximum absolute atomic E-state index is 12.6. The monoisotopic (exact) mass is 274 g/mol. The minimum absolute atomic E-state index is 0.261. The van der Waals surface area contributed by atoms with Crippen molar-refractivity contribution in [1.82, 2.24) is 4.90 Å². The number of hydrogen-bond acceptors (Lipinski definition) is 2. The molecule has 3 nitrogen and oxygen atoms in total. The lowest BCUT2D eigenvalue weighted by Crippen LogP contribution is -2.45. The summed E-state index contributed by atoms with van der Waals surface area (Å²) in [6.07, 6.45) is 4.98. The van der Waals surface area contributed by atoms with Gasteiger partial charge in [-0.2, -0.15) is 0 Å². The zero-order valence-corrected chi connectivity index (χ0v) is 12.7. The second kappa shape index (κ2) is 6.89. The predicted octanol–water partition coefficient (Wildman–Crippen LogP) is 2.58. The highest BCUT2D eigenvalue weighted by atomic mass is 16.2. The largest absolute Gasteiger partial charge is 0.339 e. The van der Waals surface area contributed by atoms with Gasteiger partial charge in [0, 0.05) is 12.6 Å². The fourth-order valence-corrected chi connectivity index (χ4v) is 2.73. The molecule has 110 valence electrons. The molecule has 1 fully saturated rings. The summed E-state index contributed by atoms with van der Waals surface area (Å²) in [4.78, 5) is 14.7. The molecule has 0 aromatic heterocycles. The average Bonchev–Trinajstić information content (AvgIpc) is 2.36. The van der Waals surface area contributed by atoms with Crippen molar-refractivity contribution in [1.29, 1.82) is 0 Å². The Kier molecular flexibility index (Phi) is 5.18. The van der Waals surface area contributed by atoms with E-state index < -0.39 is 0 Å².